The largest absolute Gasteiger partial charge is 0.280 e. The van der Waals surface area contributed by atoms with Crippen molar-refractivity contribution in [3.63, 3.8) is 0 Å². The lowest BCUT2D eigenvalue weighted by Crippen LogP contribution is -2.15. The lowest BCUT2D eigenvalue weighted by atomic mass is 10.1. The molecule has 0 amide bonds. The van der Waals surface area contributed by atoms with Crippen LogP contribution in [0.5, 0.6) is 0 Å². The van der Waals surface area contributed by atoms with Crippen molar-refractivity contribution in [3.05, 3.63) is 83.7 Å². The van der Waals surface area contributed by atoms with Gasteiger partial charge in [0.25, 0.3) is 20.0 Å². The molecule has 2 N–H and O–H groups in total. The summed E-state index contributed by atoms with van der Waals surface area (Å²) in [6.07, 6.45) is 0. The first kappa shape index (κ1) is 20.8. The summed E-state index contributed by atoms with van der Waals surface area (Å²) in [5, 5.41) is 0. The summed E-state index contributed by atoms with van der Waals surface area (Å²) in [4.78, 5) is -0.116. The summed E-state index contributed by atoms with van der Waals surface area (Å²) in [6.45, 7) is 3.72. The molecule has 0 aliphatic rings. The average Bonchev–Trinajstić information content (AvgIpc) is 2.64. The molecule has 0 radical (unpaired) electrons. The molecule has 29 heavy (non-hydrogen) atoms. The van der Waals surface area contributed by atoms with Gasteiger partial charge in [0, 0.05) is 5.69 Å². The van der Waals surface area contributed by atoms with Gasteiger partial charge in [-0.25, -0.2) is 21.2 Å². The number of hydrogen-bond donors (Lipinski definition) is 2. The van der Waals surface area contributed by atoms with Crippen LogP contribution >= 0.6 is 0 Å². The van der Waals surface area contributed by atoms with E-state index in [1.165, 1.54) is 24.3 Å². The highest BCUT2D eigenvalue weighted by Gasteiger charge is 2.17. The molecule has 3 aromatic rings. The fourth-order valence-electron chi connectivity index (χ4n) is 2.66. The Labute approximate surface area is 169 Å². The van der Waals surface area contributed by atoms with E-state index in [0.29, 0.717) is 5.69 Å². The molecule has 0 saturated heterocycles. The minimum absolute atomic E-state index is 0.0118. The molecule has 6 nitrogen and oxygen atoms in total. The Morgan fingerprint density at radius 3 is 1.76 bits per heavy atom. The van der Waals surface area contributed by atoms with Crippen LogP contribution < -0.4 is 9.44 Å². The van der Waals surface area contributed by atoms with Crippen LogP contribution in [0.3, 0.4) is 0 Å². The third-order valence-corrected chi connectivity index (χ3v) is 6.95. The molecule has 0 fully saturated rings. The minimum atomic E-state index is -3.92. The maximum absolute atomic E-state index is 13.0. The standard InChI is InChI=1S/C20H19FN2O4S2/c1-14-3-12-20(15(2)13-14)23-29(26,27)19-10-6-17(7-11-19)22-28(24,25)18-8-4-16(21)5-9-18/h3-13,22-23H,1-2H3. The Hall–Kier alpha value is -2.91. The first-order valence-corrected chi connectivity index (χ1v) is 11.5. The van der Waals surface area contributed by atoms with Crippen molar-refractivity contribution in [3.8, 4) is 0 Å². The normalized spacial score (nSPS) is 11.8. The van der Waals surface area contributed by atoms with E-state index in [9.17, 15) is 21.2 Å². The van der Waals surface area contributed by atoms with Gasteiger partial charge in [0.2, 0.25) is 0 Å². The third-order valence-electron chi connectivity index (χ3n) is 4.17. The second kappa shape index (κ2) is 7.84. The molecule has 0 atom stereocenters. The molecular weight excluding hydrogens is 415 g/mol. The predicted octanol–water partition coefficient (Wildman–Crippen LogP) is 4.04. The summed E-state index contributed by atoms with van der Waals surface area (Å²) in [6, 6.07) is 15.0. The zero-order valence-corrected chi connectivity index (χ0v) is 17.3. The van der Waals surface area contributed by atoms with Crippen LogP contribution in [0.4, 0.5) is 15.8 Å². The first-order valence-electron chi connectivity index (χ1n) is 8.55. The second-order valence-electron chi connectivity index (χ2n) is 6.51. The van der Waals surface area contributed by atoms with Gasteiger partial charge >= 0.3 is 0 Å². The van der Waals surface area contributed by atoms with E-state index in [1.54, 1.807) is 19.1 Å². The molecular formula is C20H19FN2O4S2. The molecule has 0 spiro atoms. The Bertz CT molecular complexity index is 1240. The maximum atomic E-state index is 13.0. The van der Waals surface area contributed by atoms with Crippen molar-refractivity contribution >= 4 is 31.4 Å². The number of halogens is 1. The molecule has 0 unspecified atom stereocenters. The summed E-state index contributed by atoms with van der Waals surface area (Å²) in [5.74, 6) is -0.546. The van der Waals surface area contributed by atoms with Crippen molar-refractivity contribution in [2.75, 3.05) is 9.44 Å². The monoisotopic (exact) mass is 434 g/mol. The van der Waals surface area contributed by atoms with Crippen molar-refractivity contribution in [2.24, 2.45) is 0 Å². The number of hydrogen-bond acceptors (Lipinski definition) is 4. The zero-order chi connectivity index (χ0) is 21.2. The molecule has 9 heteroatoms. The Balaban J connectivity index is 1.79. The molecule has 0 bridgehead atoms. The van der Waals surface area contributed by atoms with Crippen LogP contribution in [0.2, 0.25) is 0 Å². The van der Waals surface area contributed by atoms with E-state index in [2.05, 4.69) is 9.44 Å². The van der Waals surface area contributed by atoms with E-state index in [-0.39, 0.29) is 15.5 Å². The summed E-state index contributed by atoms with van der Waals surface area (Å²) >= 11 is 0. The van der Waals surface area contributed by atoms with Gasteiger partial charge in [-0.15, -0.1) is 0 Å². The number of rotatable bonds is 6. The highest BCUT2D eigenvalue weighted by atomic mass is 32.2. The Morgan fingerprint density at radius 2 is 1.21 bits per heavy atom. The molecule has 0 saturated carbocycles. The number of aryl methyl sites for hydroxylation is 2. The van der Waals surface area contributed by atoms with Crippen LogP contribution in [0.15, 0.2) is 76.5 Å². The average molecular weight is 435 g/mol. The van der Waals surface area contributed by atoms with Crippen LogP contribution in [-0.2, 0) is 20.0 Å². The lowest BCUT2D eigenvalue weighted by Gasteiger charge is -2.12. The van der Waals surface area contributed by atoms with Crippen molar-refractivity contribution < 1.29 is 21.2 Å². The summed E-state index contributed by atoms with van der Waals surface area (Å²) in [7, 11) is -7.75. The number of anilines is 2. The van der Waals surface area contributed by atoms with E-state index in [1.807, 2.05) is 13.0 Å². The van der Waals surface area contributed by atoms with Gasteiger partial charge in [0.15, 0.2) is 0 Å². The molecule has 3 aromatic carbocycles. The molecule has 0 aliphatic heterocycles. The fourth-order valence-corrected chi connectivity index (χ4v) is 4.85. The van der Waals surface area contributed by atoms with Gasteiger partial charge in [0.1, 0.15) is 5.82 Å². The van der Waals surface area contributed by atoms with Crippen molar-refractivity contribution in [1.82, 2.24) is 0 Å². The van der Waals surface area contributed by atoms with Crippen LogP contribution in [-0.4, -0.2) is 16.8 Å². The SMILES string of the molecule is Cc1ccc(NS(=O)(=O)c2ccc(NS(=O)(=O)c3ccc(F)cc3)cc2)c(C)c1. The van der Waals surface area contributed by atoms with E-state index in [0.717, 1.165) is 35.4 Å². The van der Waals surface area contributed by atoms with E-state index < -0.39 is 25.9 Å². The topological polar surface area (TPSA) is 92.3 Å². The maximum Gasteiger partial charge on any atom is 0.261 e. The molecule has 0 aliphatic carbocycles. The highest BCUT2D eigenvalue weighted by molar-refractivity contribution is 7.93. The van der Waals surface area contributed by atoms with Gasteiger partial charge in [-0.3, -0.25) is 9.44 Å². The van der Waals surface area contributed by atoms with Gasteiger partial charge in [-0.1, -0.05) is 17.7 Å². The molecule has 0 aromatic heterocycles. The van der Waals surface area contributed by atoms with Gasteiger partial charge in [-0.2, -0.15) is 0 Å². The van der Waals surface area contributed by atoms with E-state index >= 15 is 0 Å². The van der Waals surface area contributed by atoms with Crippen molar-refractivity contribution in [2.45, 2.75) is 23.6 Å². The molecule has 3 rings (SSSR count). The Morgan fingerprint density at radius 1 is 0.690 bits per heavy atom. The highest BCUT2D eigenvalue weighted by Crippen LogP contribution is 2.23. The predicted molar refractivity (Wildman–Crippen MR) is 110 cm³/mol. The summed E-state index contributed by atoms with van der Waals surface area (Å²) in [5.41, 5.74) is 2.46. The van der Waals surface area contributed by atoms with Crippen LogP contribution in [0.25, 0.3) is 0 Å². The van der Waals surface area contributed by atoms with Gasteiger partial charge < -0.3 is 0 Å². The van der Waals surface area contributed by atoms with Gasteiger partial charge in [-0.05, 0) is 74.0 Å². The number of nitrogens with one attached hydrogen (secondary N) is 2. The van der Waals surface area contributed by atoms with Gasteiger partial charge in [0.05, 0.1) is 15.5 Å². The number of benzene rings is 3. The minimum Gasteiger partial charge on any atom is -0.280 e. The Kier molecular flexibility index (Phi) is 5.63. The lowest BCUT2D eigenvalue weighted by molar-refractivity contribution is 0.599. The van der Waals surface area contributed by atoms with Crippen LogP contribution in [0.1, 0.15) is 11.1 Å². The van der Waals surface area contributed by atoms with E-state index in [4.69, 9.17) is 0 Å². The smallest absolute Gasteiger partial charge is 0.261 e. The van der Waals surface area contributed by atoms with Crippen molar-refractivity contribution in [1.29, 1.82) is 0 Å². The number of sulfonamides is 2. The molecule has 152 valence electrons. The molecule has 0 heterocycles. The second-order valence-corrected chi connectivity index (χ2v) is 9.87. The van der Waals surface area contributed by atoms with Crippen LogP contribution in [0, 0.1) is 19.7 Å². The quantitative estimate of drug-likeness (QED) is 0.612. The zero-order valence-electron chi connectivity index (χ0n) is 15.7. The first-order chi connectivity index (χ1) is 13.6. The summed E-state index contributed by atoms with van der Waals surface area (Å²) < 4.78 is 67.7. The third kappa shape index (κ3) is 4.93. The fraction of sp³-hybridized carbons (Fsp3) is 0.100.